The molecule has 152 valence electrons. The van der Waals surface area contributed by atoms with Gasteiger partial charge in [0.25, 0.3) is 5.91 Å². The number of halogens is 1. The average molecular weight is 438 g/mol. The van der Waals surface area contributed by atoms with Crippen LogP contribution in [-0.4, -0.2) is 34.0 Å². The van der Waals surface area contributed by atoms with Gasteiger partial charge in [-0.15, -0.1) is 11.3 Å². The van der Waals surface area contributed by atoms with Crippen LogP contribution >= 0.6 is 22.9 Å². The van der Waals surface area contributed by atoms with Crippen molar-refractivity contribution in [3.05, 3.63) is 69.9 Å². The summed E-state index contributed by atoms with van der Waals surface area (Å²) in [6, 6.07) is 15.6. The average Bonchev–Trinajstić information content (AvgIpc) is 3.37. The van der Waals surface area contributed by atoms with E-state index in [1.165, 1.54) is 4.70 Å². The molecule has 0 spiro atoms. The molecule has 1 aliphatic rings. The van der Waals surface area contributed by atoms with Crippen molar-refractivity contribution in [2.24, 2.45) is 0 Å². The molecule has 5 nitrogen and oxygen atoms in total. The number of aryl methyl sites for hydroxylation is 1. The maximum atomic E-state index is 13.5. The van der Waals surface area contributed by atoms with Gasteiger partial charge in [-0.25, -0.2) is 4.98 Å². The number of hydrogen-bond acceptors (Lipinski definition) is 5. The Kier molecular flexibility index (Phi) is 5.05. The van der Waals surface area contributed by atoms with Gasteiger partial charge in [0, 0.05) is 24.6 Å². The molecule has 7 heteroatoms. The molecule has 0 bridgehead atoms. The molecule has 1 amide bonds. The van der Waals surface area contributed by atoms with Crippen LogP contribution in [0, 0.1) is 6.92 Å². The minimum atomic E-state index is -0.0607. The molecule has 2 aromatic carbocycles. The topological polar surface area (TPSA) is 59.2 Å². The number of aromatic nitrogens is 2. The van der Waals surface area contributed by atoms with E-state index in [0.29, 0.717) is 40.7 Å². The van der Waals surface area contributed by atoms with Gasteiger partial charge in [0.05, 0.1) is 20.2 Å². The van der Waals surface area contributed by atoms with Crippen LogP contribution < -0.4 is 0 Å². The molecule has 1 atom stereocenters. The maximum Gasteiger partial charge on any atom is 0.259 e. The zero-order chi connectivity index (χ0) is 20.7. The molecule has 0 saturated carbocycles. The molecule has 2 aromatic heterocycles. The molecular formula is C23H20ClN3O2S. The predicted octanol–water partition coefficient (Wildman–Crippen LogP) is 5.93. The Labute approximate surface area is 183 Å². The van der Waals surface area contributed by atoms with Crippen molar-refractivity contribution >= 4 is 39.1 Å². The van der Waals surface area contributed by atoms with Crippen LogP contribution in [0.2, 0.25) is 5.02 Å². The van der Waals surface area contributed by atoms with Gasteiger partial charge in [0.15, 0.2) is 0 Å². The second kappa shape index (κ2) is 7.85. The van der Waals surface area contributed by atoms with E-state index < -0.39 is 0 Å². The summed E-state index contributed by atoms with van der Waals surface area (Å²) in [6.45, 7) is 3.13. The van der Waals surface area contributed by atoms with Crippen molar-refractivity contribution in [1.82, 2.24) is 15.0 Å². The Bertz CT molecular complexity index is 1200. The maximum absolute atomic E-state index is 13.5. The quantitative estimate of drug-likeness (QED) is 0.398. The van der Waals surface area contributed by atoms with Gasteiger partial charge < -0.3 is 9.42 Å². The number of carbonyl (C=O) groups excluding carboxylic acids is 1. The predicted molar refractivity (Wildman–Crippen MR) is 119 cm³/mol. The first-order valence-electron chi connectivity index (χ1n) is 9.97. The molecule has 0 N–H and O–H groups in total. The van der Waals surface area contributed by atoms with Crippen LogP contribution in [0.25, 0.3) is 21.5 Å². The first-order valence-corrected chi connectivity index (χ1v) is 11.2. The number of carbonyl (C=O) groups is 1. The van der Waals surface area contributed by atoms with Gasteiger partial charge in [-0.3, -0.25) is 4.79 Å². The summed E-state index contributed by atoms with van der Waals surface area (Å²) in [7, 11) is 0. The van der Waals surface area contributed by atoms with E-state index in [1.807, 2.05) is 41.3 Å². The van der Waals surface area contributed by atoms with Crippen molar-refractivity contribution in [1.29, 1.82) is 0 Å². The molecule has 1 aliphatic heterocycles. The monoisotopic (exact) mass is 437 g/mol. The Morgan fingerprint density at radius 3 is 2.83 bits per heavy atom. The highest BCUT2D eigenvalue weighted by Gasteiger charge is 2.31. The number of para-hydroxylation sites is 1. The van der Waals surface area contributed by atoms with Crippen molar-refractivity contribution in [2.75, 3.05) is 13.1 Å². The SMILES string of the molecule is Cc1onc(-c2ccccc2Cl)c1C(=O)N1CCC[C@H](c2nc3ccccc3s2)C1. The number of fused-ring (bicyclic) bond motifs is 1. The number of likely N-dealkylation sites (tertiary alicyclic amines) is 1. The number of thiazole rings is 1. The summed E-state index contributed by atoms with van der Waals surface area (Å²) in [4.78, 5) is 20.2. The lowest BCUT2D eigenvalue weighted by Crippen LogP contribution is -2.39. The van der Waals surface area contributed by atoms with Crippen molar-refractivity contribution < 1.29 is 9.32 Å². The lowest BCUT2D eigenvalue weighted by Gasteiger charge is -2.31. The van der Waals surface area contributed by atoms with Crippen LogP contribution in [0.5, 0.6) is 0 Å². The number of rotatable bonds is 3. The molecule has 0 aliphatic carbocycles. The molecule has 0 radical (unpaired) electrons. The van der Waals surface area contributed by atoms with E-state index >= 15 is 0 Å². The van der Waals surface area contributed by atoms with Gasteiger partial charge in [-0.05, 0) is 38.0 Å². The van der Waals surface area contributed by atoms with Gasteiger partial charge in [-0.2, -0.15) is 0 Å². The standard InChI is InChI=1S/C23H20ClN3O2S/c1-14-20(21(26-29-14)16-8-2-3-9-17(16)24)23(28)27-12-6-7-15(13-27)22-25-18-10-4-5-11-19(18)30-22/h2-5,8-11,15H,6-7,12-13H2,1H3/t15-/m0/s1. The Morgan fingerprint density at radius 2 is 2.00 bits per heavy atom. The third-order valence-electron chi connectivity index (χ3n) is 5.57. The van der Waals surface area contributed by atoms with E-state index in [-0.39, 0.29) is 11.8 Å². The highest BCUT2D eigenvalue weighted by Crippen LogP contribution is 2.35. The van der Waals surface area contributed by atoms with Gasteiger partial charge in [-0.1, -0.05) is 47.1 Å². The van der Waals surface area contributed by atoms with Crippen LogP contribution in [0.4, 0.5) is 0 Å². The highest BCUT2D eigenvalue weighted by molar-refractivity contribution is 7.18. The minimum Gasteiger partial charge on any atom is -0.360 e. The number of piperidine rings is 1. The van der Waals surface area contributed by atoms with E-state index in [4.69, 9.17) is 21.1 Å². The Hall–Kier alpha value is -2.70. The first-order chi connectivity index (χ1) is 14.6. The summed E-state index contributed by atoms with van der Waals surface area (Å²) >= 11 is 8.08. The molecule has 30 heavy (non-hydrogen) atoms. The van der Waals surface area contributed by atoms with Crippen LogP contribution in [-0.2, 0) is 0 Å². The molecule has 5 rings (SSSR count). The van der Waals surface area contributed by atoms with E-state index in [0.717, 1.165) is 23.4 Å². The number of amides is 1. The first kappa shape index (κ1) is 19.3. The van der Waals surface area contributed by atoms with E-state index in [1.54, 1.807) is 24.3 Å². The molecule has 4 aromatic rings. The fraction of sp³-hybridized carbons (Fsp3) is 0.261. The number of hydrogen-bond donors (Lipinski definition) is 0. The van der Waals surface area contributed by atoms with Crippen LogP contribution in [0.1, 0.15) is 39.9 Å². The molecule has 3 heterocycles. The smallest absolute Gasteiger partial charge is 0.259 e. The summed E-state index contributed by atoms with van der Waals surface area (Å²) in [6.07, 6.45) is 1.97. The van der Waals surface area contributed by atoms with Gasteiger partial charge >= 0.3 is 0 Å². The fourth-order valence-corrected chi connectivity index (χ4v) is 5.37. The summed E-state index contributed by atoms with van der Waals surface area (Å²) in [5.41, 5.74) is 2.73. The number of benzene rings is 2. The lowest BCUT2D eigenvalue weighted by atomic mass is 9.97. The van der Waals surface area contributed by atoms with E-state index in [9.17, 15) is 4.79 Å². The van der Waals surface area contributed by atoms with Crippen LogP contribution in [0.15, 0.2) is 53.1 Å². The van der Waals surface area contributed by atoms with Crippen molar-refractivity contribution in [3.63, 3.8) is 0 Å². The normalized spacial score (nSPS) is 16.9. The molecular weight excluding hydrogens is 418 g/mol. The second-order valence-corrected chi connectivity index (χ2v) is 9.02. The van der Waals surface area contributed by atoms with E-state index in [2.05, 4.69) is 11.2 Å². The third-order valence-corrected chi connectivity index (χ3v) is 7.10. The fourth-order valence-electron chi connectivity index (χ4n) is 4.05. The summed E-state index contributed by atoms with van der Waals surface area (Å²) in [5, 5.41) is 5.80. The Balaban J connectivity index is 1.44. The largest absolute Gasteiger partial charge is 0.360 e. The second-order valence-electron chi connectivity index (χ2n) is 7.55. The summed E-state index contributed by atoms with van der Waals surface area (Å²) in [5.74, 6) is 0.690. The highest BCUT2D eigenvalue weighted by atomic mass is 35.5. The molecule has 0 unspecified atom stereocenters. The third kappa shape index (κ3) is 3.40. The number of nitrogens with zero attached hydrogens (tertiary/aromatic N) is 3. The molecule has 1 fully saturated rings. The Morgan fingerprint density at radius 1 is 1.20 bits per heavy atom. The molecule has 1 saturated heterocycles. The zero-order valence-corrected chi connectivity index (χ0v) is 18.0. The lowest BCUT2D eigenvalue weighted by molar-refractivity contribution is 0.0706. The van der Waals surface area contributed by atoms with Crippen molar-refractivity contribution in [2.45, 2.75) is 25.7 Å². The minimum absolute atomic E-state index is 0.0607. The zero-order valence-electron chi connectivity index (χ0n) is 16.5. The van der Waals surface area contributed by atoms with Gasteiger partial charge in [0.2, 0.25) is 0 Å². The van der Waals surface area contributed by atoms with Crippen LogP contribution in [0.3, 0.4) is 0 Å². The van der Waals surface area contributed by atoms with Crippen molar-refractivity contribution in [3.8, 4) is 11.3 Å². The summed E-state index contributed by atoms with van der Waals surface area (Å²) < 4.78 is 6.59. The van der Waals surface area contributed by atoms with Gasteiger partial charge in [0.1, 0.15) is 17.0 Å².